The van der Waals surface area contributed by atoms with E-state index in [-0.39, 0.29) is 23.1 Å². The molecule has 0 radical (unpaired) electrons. The Balaban J connectivity index is 0.000000344. The zero-order chi connectivity index (χ0) is 51.0. The number of benzene rings is 5. The zero-order valence-corrected chi connectivity index (χ0v) is 42.0. The summed E-state index contributed by atoms with van der Waals surface area (Å²) in [6, 6.07) is 48.5. The van der Waals surface area contributed by atoms with E-state index in [4.69, 9.17) is 38.9 Å². The molecule has 5 heterocycles. The van der Waals surface area contributed by atoms with E-state index in [1.54, 1.807) is 28.4 Å². The van der Waals surface area contributed by atoms with E-state index in [1.165, 1.54) is 38.5 Å². The topological polar surface area (TPSA) is 116 Å². The number of rotatable bonds is 8. The first kappa shape index (κ1) is 52.3. The predicted molar refractivity (Wildman–Crippen MR) is 267 cm³/mol. The van der Waals surface area contributed by atoms with Crippen LogP contribution < -0.4 is 44.0 Å². The fourth-order valence-electron chi connectivity index (χ4n) is 8.91. The Labute approximate surface area is 438 Å². The number of hydrogen-bond acceptors (Lipinski definition) is 5. The number of halogens is 4. The van der Waals surface area contributed by atoms with Crippen molar-refractivity contribution in [3.63, 3.8) is 0 Å². The van der Waals surface area contributed by atoms with Crippen LogP contribution >= 0.6 is 0 Å². The standard InChI is InChI=1S/C48H36N4O4.C6H2F4O.C6H12.Fe/c1-53-33-13-5-29(6-14-33)45-37-21-23-39(49-37)46(30-7-15-34(54-2)16-8-30)41-25-27-43(51-41)48(32-11-19-36(56-4)20-12-32)44-28-26-42(52-44)47(40-24-22-38(45)50-40)31-9-17-35(55-3)18-10-31;7-2-1-3(8)5(10)6(11)4(2)9;1-2-4-6-5-3-1;/h5-28H,1-4H3;1,11H;1-6H2;/p-1. The van der Waals surface area contributed by atoms with Crippen molar-refractivity contribution in [3.8, 4) is 28.7 Å². The second kappa shape index (κ2) is 23.7. The number of ether oxygens (including phenoxy) is 4. The summed E-state index contributed by atoms with van der Waals surface area (Å²) >= 11 is 0. The van der Waals surface area contributed by atoms with E-state index >= 15 is 0 Å². The molecule has 1 aliphatic carbocycles. The van der Waals surface area contributed by atoms with Gasteiger partial charge < -0.3 is 44.0 Å². The minimum atomic E-state index is -1.90. The number of hydrogen-bond donors (Lipinski definition) is 0. The normalized spacial score (nSPS) is 12.9. The Morgan fingerprint density at radius 2 is 0.527 bits per heavy atom. The fraction of sp³-hybridized carbons (Fsp3) is 0.167. The average molecular weight is 1040 g/mol. The average Bonchev–Trinajstić information content (AvgIpc) is 4.31. The maximum atomic E-state index is 12.1. The van der Waals surface area contributed by atoms with Gasteiger partial charge in [-0.25, -0.2) is 17.6 Å². The van der Waals surface area contributed by atoms with Gasteiger partial charge in [0.25, 0.3) is 0 Å². The van der Waals surface area contributed by atoms with Gasteiger partial charge in [-0.15, -0.1) is 0 Å². The van der Waals surface area contributed by atoms with Crippen LogP contribution in [0.15, 0.2) is 152 Å². The number of methoxy groups -OCH3 is 4. The van der Waals surface area contributed by atoms with Gasteiger partial charge in [-0.05, 0) is 51.3 Å². The molecule has 14 heteroatoms. The Hall–Kier alpha value is -8.06. The van der Waals surface area contributed by atoms with E-state index in [1.807, 2.05) is 97.1 Å². The molecular formula is C60H49F4FeN4O5-. The molecule has 4 aromatic heterocycles. The molecule has 1 fully saturated rings. The van der Waals surface area contributed by atoms with Gasteiger partial charge in [0, 0.05) is 192 Å². The third kappa shape index (κ3) is 11.3. The van der Waals surface area contributed by atoms with Crippen LogP contribution in [0, 0.1) is 46.9 Å². The van der Waals surface area contributed by atoms with Crippen molar-refractivity contribution in [1.29, 1.82) is 0 Å². The number of nitrogens with zero attached hydrogens (tertiary/aromatic N) is 4. The van der Waals surface area contributed by atoms with Crippen LogP contribution in [-0.2, 0) is 17.1 Å². The minimum Gasteiger partial charge on any atom is -0.868 e. The summed E-state index contributed by atoms with van der Waals surface area (Å²) in [5.74, 6) is -2.43. The molecule has 376 valence electrons. The Morgan fingerprint density at radius 1 is 0.338 bits per heavy atom. The third-order valence-corrected chi connectivity index (χ3v) is 12.7. The van der Waals surface area contributed by atoms with Crippen LogP contribution in [0.4, 0.5) is 17.6 Å². The Bertz CT molecular complexity index is 2750. The van der Waals surface area contributed by atoms with Crippen LogP contribution in [0.5, 0.6) is 28.7 Å². The first-order chi connectivity index (χ1) is 35.6. The van der Waals surface area contributed by atoms with Crippen molar-refractivity contribution in [2.75, 3.05) is 28.4 Å². The smallest absolute Gasteiger partial charge is 0.161 e. The van der Waals surface area contributed by atoms with Gasteiger partial charge in [-0.2, -0.15) is 0 Å². The molecule has 0 atom stereocenters. The molecule has 0 spiro atoms. The fourth-order valence-corrected chi connectivity index (χ4v) is 8.91. The SMILES string of the molecule is C1CCCCC1.COc1ccc([C+]2c3ccc([n-]3)[C+](c3ccc(OC)cc3)c3ccc([n-]3)[C+](c3ccc(OC)cc3)c3ccc([n-]3)[C+](c3ccc(OC)cc3)c3ccc2[n-]3)cc1.[Fe].[O-]c1c(F)c(F)cc(F)c1F. The van der Waals surface area contributed by atoms with Crippen LogP contribution in [0.3, 0.4) is 0 Å². The number of aromatic nitrogens is 4. The van der Waals surface area contributed by atoms with E-state index in [0.29, 0.717) is 0 Å². The Morgan fingerprint density at radius 3 is 0.703 bits per heavy atom. The predicted octanol–water partition coefficient (Wildman–Crippen LogP) is 11.6. The van der Waals surface area contributed by atoms with Crippen molar-refractivity contribution < 1.29 is 58.7 Å². The van der Waals surface area contributed by atoms with Crippen LogP contribution in [0.25, 0.3) is 0 Å². The zero-order valence-electron chi connectivity index (χ0n) is 40.9. The van der Waals surface area contributed by atoms with Crippen LogP contribution in [0.2, 0.25) is 0 Å². The summed E-state index contributed by atoms with van der Waals surface area (Å²) in [6.45, 7) is 0. The monoisotopic (exact) mass is 1040 g/mol. The van der Waals surface area contributed by atoms with Crippen molar-refractivity contribution in [2.45, 2.75) is 38.5 Å². The first-order valence-corrected chi connectivity index (χ1v) is 23.7. The van der Waals surface area contributed by atoms with Gasteiger partial charge in [-0.3, -0.25) is 0 Å². The largest absolute Gasteiger partial charge is 0.868 e. The summed E-state index contributed by atoms with van der Waals surface area (Å²) < 4.78 is 70.3. The van der Waals surface area contributed by atoms with Gasteiger partial charge in [0.05, 0.1) is 50.7 Å². The molecule has 8 bridgehead atoms. The maximum Gasteiger partial charge on any atom is 0.161 e. The molecule has 0 unspecified atom stereocenters. The second-order valence-corrected chi connectivity index (χ2v) is 17.2. The molecule has 2 aliphatic rings. The summed E-state index contributed by atoms with van der Waals surface area (Å²) in [5.41, 5.74) is 10.1. The molecule has 11 rings (SSSR count). The van der Waals surface area contributed by atoms with Gasteiger partial charge >= 0.3 is 0 Å². The summed E-state index contributed by atoms with van der Waals surface area (Å²) in [5, 5.41) is 10.2. The molecule has 1 aliphatic heterocycles. The number of fused-ring (bicyclic) bond motifs is 8. The molecule has 0 saturated heterocycles. The quantitative estimate of drug-likeness (QED) is 0.0635. The van der Waals surface area contributed by atoms with E-state index in [0.717, 1.165) is 114 Å². The van der Waals surface area contributed by atoms with Crippen LogP contribution in [-0.4, -0.2) is 28.4 Å². The van der Waals surface area contributed by atoms with Crippen LogP contribution in [0.1, 0.15) is 106 Å². The maximum absolute atomic E-state index is 12.1. The first-order valence-electron chi connectivity index (χ1n) is 23.7. The molecule has 5 aromatic carbocycles. The second-order valence-electron chi connectivity index (χ2n) is 17.2. The van der Waals surface area contributed by atoms with Crippen molar-refractivity contribution in [1.82, 2.24) is 19.9 Å². The molecule has 0 amide bonds. The molecule has 9 aromatic rings. The minimum absolute atomic E-state index is 0. The molecule has 74 heavy (non-hydrogen) atoms. The summed E-state index contributed by atoms with van der Waals surface area (Å²) in [7, 11) is 6.67. The Kier molecular flexibility index (Phi) is 16.7. The van der Waals surface area contributed by atoms with Crippen molar-refractivity contribution in [3.05, 3.63) is 266 Å². The van der Waals surface area contributed by atoms with Gasteiger partial charge in [0.15, 0.2) is 23.3 Å². The van der Waals surface area contributed by atoms with Crippen molar-refractivity contribution in [2.24, 2.45) is 0 Å². The summed E-state index contributed by atoms with van der Waals surface area (Å²) in [4.78, 5) is 21.4. The molecule has 0 N–H and O–H groups in total. The van der Waals surface area contributed by atoms with Gasteiger partial charge in [-0.1, -0.05) is 38.5 Å². The van der Waals surface area contributed by atoms with Crippen molar-refractivity contribution >= 4 is 0 Å². The van der Waals surface area contributed by atoms with Gasteiger partial charge in [0.2, 0.25) is 0 Å². The molecule has 9 nitrogen and oxygen atoms in total. The van der Waals surface area contributed by atoms with E-state index in [2.05, 4.69) is 48.5 Å². The molecule has 1 saturated carbocycles. The van der Waals surface area contributed by atoms with E-state index < -0.39 is 29.0 Å². The van der Waals surface area contributed by atoms with E-state index in [9.17, 15) is 22.7 Å². The third-order valence-electron chi connectivity index (χ3n) is 12.7. The molecular weight excluding hydrogens is 989 g/mol. The van der Waals surface area contributed by atoms with Gasteiger partial charge in [0.1, 0.15) is 23.0 Å². The summed E-state index contributed by atoms with van der Waals surface area (Å²) in [6.07, 6.45) is 9.00.